The number of rotatable bonds is 9. The first-order chi connectivity index (χ1) is 9.58. The predicted octanol–water partition coefficient (Wildman–Crippen LogP) is 5.30. The van der Waals surface area contributed by atoms with Gasteiger partial charge >= 0.3 is 5.97 Å². The fourth-order valence-corrected chi connectivity index (χ4v) is 3.03. The number of carboxylic acid groups (broad SMARTS) is 1. The number of unbranched alkanes of at least 4 members (excludes halogenated alkanes) is 1. The Hall–Kier alpha value is -0.830. The van der Waals surface area contributed by atoms with Gasteiger partial charge in [0.25, 0.3) is 0 Å². The maximum absolute atomic E-state index is 11.5. The Morgan fingerprint density at radius 2 is 2.00 bits per heavy atom. The molecule has 0 bridgehead atoms. The van der Waals surface area contributed by atoms with Crippen molar-refractivity contribution in [3.05, 3.63) is 34.3 Å². The molecule has 0 heterocycles. The summed E-state index contributed by atoms with van der Waals surface area (Å²) in [5.74, 6) is -0.426. The highest BCUT2D eigenvalue weighted by Gasteiger charge is 2.22. The van der Waals surface area contributed by atoms with E-state index in [2.05, 4.69) is 29.8 Å². The van der Waals surface area contributed by atoms with E-state index < -0.39 is 5.97 Å². The second-order valence-electron chi connectivity index (χ2n) is 5.48. The van der Waals surface area contributed by atoms with Crippen LogP contribution in [0.1, 0.15) is 51.5 Å². The van der Waals surface area contributed by atoms with Gasteiger partial charge in [0.2, 0.25) is 0 Å². The molecule has 0 spiro atoms. The molecule has 0 aliphatic carbocycles. The molecule has 2 atom stereocenters. The van der Waals surface area contributed by atoms with E-state index in [-0.39, 0.29) is 5.92 Å². The fraction of sp³-hybridized carbons (Fsp3) is 0.588. The Kier molecular flexibility index (Phi) is 7.90. The minimum atomic E-state index is -0.671. The SMILES string of the molecule is CCCCC(CC)CC(Cc1ccccc1Br)C(=O)O. The van der Waals surface area contributed by atoms with Gasteiger partial charge in [-0.1, -0.05) is 73.7 Å². The summed E-state index contributed by atoms with van der Waals surface area (Å²) in [7, 11) is 0. The van der Waals surface area contributed by atoms with Gasteiger partial charge in [0, 0.05) is 4.47 Å². The minimum Gasteiger partial charge on any atom is -0.481 e. The summed E-state index contributed by atoms with van der Waals surface area (Å²) < 4.78 is 1.01. The average molecular weight is 341 g/mol. The maximum Gasteiger partial charge on any atom is 0.306 e. The van der Waals surface area contributed by atoms with Crippen molar-refractivity contribution < 1.29 is 9.90 Å². The molecule has 0 fully saturated rings. The summed E-state index contributed by atoms with van der Waals surface area (Å²) in [6.45, 7) is 4.35. The molecular formula is C17H25BrO2. The minimum absolute atomic E-state index is 0.282. The topological polar surface area (TPSA) is 37.3 Å². The van der Waals surface area contributed by atoms with Crippen LogP contribution >= 0.6 is 15.9 Å². The molecule has 2 nitrogen and oxygen atoms in total. The summed E-state index contributed by atoms with van der Waals surface area (Å²) in [5.41, 5.74) is 1.09. The number of hydrogen-bond donors (Lipinski definition) is 1. The Balaban J connectivity index is 2.69. The summed E-state index contributed by atoms with van der Waals surface area (Å²) in [6.07, 6.45) is 5.98. The third-order valence-electron chi connectivity index (χ3n) is 3.93. The highest BCUT2D eigenvalue weighted by molar-refractivity contribution is 9.10. The molecule has 0 saturated carbocycles. The van der Waals surface area contributed by atoms with Gasteiger partial charge in [-0.25, -0.2) is 0 Å². The predicted molar refractivity (Wildman–Crippen MR) is 86.9 cm³/mol. The molecule has 0 amide bonds. The molecule has 1 rings (SSSR count). The van der Waals surface area contributed by atoms with Crippen molar-refractivity contribution in [2.75, 3.05) is 0 Å². The van der Waals surface area contributed by atoms with Gasteiger partial charge in [-0.15, -0.1) is 0 Å². The van der Waals surface area contributed by atoms with Crippen LogP contribution in [-0.4, -0.2) is 11.1 Å². The van der Waals surface area contributed by atoms with E-state index in [4.69, 9.17) is 0 Å². The van der Waals surface area contributed by atoms with Gasteiger partial charge in [-0.2, -0.15) is 0 Å². The average Bonchev–Trinajstić information content (AvgIpc) is 2.44. The summed E-state index contributed by atoms with van der Waals surface area (Å²) in [5, 5.41) is 9.48. The molecule has 3 heteroatoms. The maximum atomic E-state index is 11.5. The van der Waals surface area contributed by atoms with Crippen LogP contribution in [0.3, 0.4) is 0 Å². The van der Waals surface area contributed by atoms with Gasteiger partial charge in [0.05, 0.1) is 5.92 Å². The molecule has 0 radical (unpaired) electrons. The van der Waals surface area contributed by atoms with Crippen molar-refractivity contribution in [3.63, 3.8) is 0 Å². The second kappa shape index (κ2) is 9.17. The van der Waals surface area contributed by atoms with Crippen molar-refractivity contribution in [2.45, 2.75) is 52.4 Å². The van der Waals surface area contributed by atoms with Crippen LogP contribution in [0.4, 0.5) is 0 Å². The molecule has 2 unspecified atom stereocenters. The zero-order chi connectivity index (χ0) is 15.0. The van der Waals surface area contributed by atoms with E-state index in [1.807, 2.05) is 24.3 Å². The lowest BCUT2D eigenvalue weighted by Gasteiger charge is -2.20. The molecule has 1 N–H and O–H groups in total. The lowest BCUT2D eigenvalue weighted by Crippen LogP contribution is -2.20. The molecular weight excluding hydrogens is 316 g/mol. The van der Waals surface area contributed by atoms with Crippen LogP contribution < -0.4 is 0 Å². The van der Waals surface area contributed by atoms with Crippen LogP contribution in [0.2, 0.25) is 0 Å². The summed E-state index contributed by atoms with van der Waals surface area (Å²) >= 11 is 3.51. The first-order valence-electron chi connectivity index (χ1n) is 7.54. The van der Waals surface area contributed by atoms with E-state index >= 15 is 0 Å². The molecule has 1 aromatic carbocycles. The number of carbonyl (C=O) groups is 1. The molecule has 0 aromatic heterocycles. The van der Waals surface area contributed by atoms with Gasteiger partial charge < -0.3 is 5.11 Å². The van der Waals surface area contributed by atoms with E-state index in [0.717, 1.165) is 29.3 Å². The zero-order valence-corrected chi connectivity index (χ0v) is 14.0. The highest BCUT2D eigenvalue weighted by Crippen LogP contribution is 2.27. The van der Waals surface area contributed by atoms with E-state index in [1.165, 1.54) is 12.8 Å². The number of aliphatic carboxylic acids is 1. The smallest absolute Gasteiger partial charge is 0.306 e. The lowest BCUT2D eigenvalue weighted by molar-refractivity contribution is -0.142. The van der Waals surface area contributed by atoms with Crippen molar-refractivity contribution in [1.29, 1.82) is 0 Å². The Labute approximate surface area is 130 Å². The Morgan fingerprint density at radius 3 is 2.55 bits per heavy atom. The Morgan fingerprint density at radius 1 is 1.30 bits per heavy atom. The number of halogens is 1. The van der Waals surface area contributed by atoms with E-state index in [1.54, 1.807) is 0 Å². The van der Waals surface area contributed by atoms with Crippen LogP contribution in [0.5, 0.6) is 0 Å². The van der Waals surface area contributed by atoms with Crippen LogP contribution in [-0.2, 0) is 11.2 Å². The van der Waals surface area contributed by atoms with E-state index in [9.17, 15) is 9.90 Å². The lowest BCUT2D eigenvalue weighted by atomic mass is 9.85. The summed E-state index contributed by atoms with van der Waals surface area (Å²) in [4.78, 5) is 11.5. The Bertz CT molecular complexity index is 417. The van der Waals surface area contributed by atoms with Gasteiger partial charge in [0.15, 0.2) is 0 Å². The summed E-state index contributed by atoms with van der Waals surface area (Å²) in [6, 6.07) is 7.91. The molecule has 20 heavy (non-hydrogen) atoms. The van der Waals surface area contributed by atoms with Crippen LogP contribution in [0.25, 0.3) is 0 Å². The number of carboxylic acids is 1. The molecule has 1 aromatic rings. The first kappa shape index (κ1) is 17.2. The van der Waals surface area contributed by atoms with Crippen molar-refractivity contribution in [2.24, 2.45) is 11.8 Å². The van der Waals surface area contributed by atoms with Gasteiger partial charge in [0.1, 0.15) is 0 Å². The molecule has 0 aliphatic rings. The zero-order valence-electron chi connectivity index (χ0n) is 12.4. The third kappa shape index (κ3) is 5.66. The van der Waals surface area contributed by atoms with Crippen LogP contribution in [0, 0.1) is 11.8 Å². The fourth-order valence-electron chi connectivity index (χ4n) is 2.58. The quantitative estimate of drug-likeness (QED) is 0.662. The highest BCUT2D eigenvalue weighted by atomic mass is 79.9. The number of hydrogen-bond acceptors (Lipinski definition) is 1. The first-order valence-corrected chi connectivity index (χ1v) is 8.33. The monoisotopic (exact) mass is 340 g/mol. The van der Waals surface area contributed by atoms with E-state index in [0.29, 0.717) is 12.3 Å². The molecule has 112 valence electrons. The standard InChI is InChI=1S/C17H25BrO2/c1-3-5-8-13(4-2)11-15(17(19)20)12-14-9-6-7-10-16(14)18/h6-7,9-10,13,15H,3-5,8,11-12H2,1-2H3,(H,19,20). The van der Waals surface area contributed by atoms with Crippen LogP contribution in [0.15, 0.2) is 28.7 Å². The number of benzene rings is 1. The van der Waals surface area contributed by atoms with Crippen molar-refractivity contribution in [1.82, 2.24) is 0 Å². The molecule has 0 aliphatic heterocycles. The normalized spacial score (nSPS) is 13.9. The van der Waals surface area contributed by atoms with Gasteiger partial charge in [-0.3, -0.25) is 4.79 Å². The molecule has 0 saturated heterocycles. The van der Waals surface area contributed by atoms with Gasteiger partial charge in [-0.05, 0) is 30.4 Å². The second-order valence-corrected chi connectivity index (χ2v) is 6.34. The van der Waals surface area contributed by atoms with Crippen molar-refractivity contribution in [3.8, 4) is 0 Å². The third-order valence-corrected chi connectivity index (χ3v) is 4.71. The largest absolute Gasteiger partial charge is 0.481 e. The van der Waals surface area contributed by atoms with Crippen molar-refractivity contribution >= 4 is 21.9 Å².